The van der Waals surface area contributed by atoms with Crippen LogP contribution in [0.25, 0.3) is 10.2 Å². The Morgan fingerprint density at radius 3 is 2.62 bits per heavy atom. The largest absolute Gasteiger partial charge is 0.282 e. The van der Waals surface area contributed by atoms with Gasteiger partial charge in [0.15, 0.2) is 5.13 Å². The molecule has 172 valence electrons. The first-order valence-electron chi connectivity index (χ1n) is 11.0. The lowest BCUT2D eigenvalue weighted by Crippen LogP contribution is -2.34. The van der Waals surface area contributed by atoms with Crippen LogP contribution in [0.1, 0.15) is 34.3 Å². The normalized spacial score (nSPS) is 13.8. The van der Waals surface area contributed by atoms with Crippen molar-refractivity contribution in [2.24, 2.45) is 0 Å². The van der Waals surface area contributed by atoms with Gasteiger partial charge in [-0.1, -0.05) is 23.5 Å². The van der Waals surface area contributed by atoms with Crippen molar-refractivity contribution in [2.75, 3.05) is 16.3 Å². The summed E-state index contributed by atoms with van der Waals surface area (Å²) in [6, 6.07) is 12.7. The summed E-state index contributed by atoms with van der Waals surface area (Å²) in [6.45, 7) is 4.92. The van der Waals surface area contributed by atoms with Gasteiger partial charge in [0.05, 0.1) is 22.4 Å². The number of benzene rings is 2. The second-order valence-corrected chi connectivity index (χ2v) is 9.33. The average Bonchev–Trinajstić information content (AvgIpc) is 3.55. The number of carbonyl (C=O) groups excluding carboxylic acids is 3. The Morgan fingerprint density at radius 1 is 1.09 bits per heavy atom. The van der Waals surface area contributed by atoms with Gasteiger partial charge in [-0.3, -0.25) is 28.9 Å². The molecule has 2 aromatic carbocycles. The minimum absolute atomic E-state index is 0.192. The number of hydrogen-bond acceptors (Lipinski definition) is 6. The first-order chi connectivity index (χ1) is 16.4. The Bertz CT molecular complexity index is 1390. The van der Waals surface area contributed by atoms with Crippen LogP contribution in [0.4, 0.5) is 10.8 Å². The van der Waals surface area contributed by atoms with Gasteiger partial charge in [0.1, 0.15) is 0 Å². The monoisotopic (exact) mass is 473 g/mol. The van der Waals surface area contributed by atoms with Crippen LogP contribution in [-0.4, -0.2) is 39.0 Å². The van der Waals surface area contributed by atoms with E-state index in [4.69, 9.17) is 4.98 Å². The summed E-state index contributed by atoms with van der Waals surface area (Å²) in [6.07, 6.45) is 3.93. The first kappa shape index (κ1) is 22.0. The third-order valence-electron chi connectivity index (χ3n) is 5.81. The van der Waals surface area contributed by atoms with Crippen molar-refractivity contribution >= 4 is 50.1 Å². The van der Waals surface area contributed by atoms with Gasteiger partial charge >= 0.3 is 0 Å². The molecular formula is C25H23N5O3S. The lowest BCUT2D eigenvalue weighted by atomic mass is 10.1. The highest BCUT2D eigenvalue weighted by atomic mass is 32.1. The molecule has 3 amide bonds. The molecule has 1 aliphatic heterocycles. The van der Waals surface area contributed by atoms with E-state index in [9.17, 15) is 14.4 Å². The van der Waals surface area contributed by atoms with Crippen LogP contribution in [0.15, 0.2) is 54.9 Å². The summed E-state index contributed by atoms with van der Waals surface area (Å²) < 4.78 is 2.78. The van der Waals surface area contributed by atoms with Crippen molar-refractivity contribution in [3.63, 3.8) is 0 Å². The van der Waals surface area contributed by atoms with Gasteiger partial charge in [0.2, 0.25) is 11.8 Å². The molecule has 0 unspecified atom stereocenters. The topological polar surface area (TPSA) is 88.4 Å². The molecule has 34 heavy (non-hydrogen) atoms. The van der Waals surface area contributed by atoms with E-state index in [1.54, 1.807) is 40.0 Å². The molecule has 8 nitrogen and oxygen atoms in total. The van der Waals surface area contributed by atoms with Gasteiger partial charge in [0, 0.05) is 37.3 Å². The predicted molar refractivity (Wildman–Crippen MR) is 131 cm³/mol. The second-order valence-electron chi connectivity index (χ2n) is 8.32. The van der Waals surface area contributed by atoms with Gasteiger partial charge in [-0.15, -0.1) is 0 Å². The molecule has 1 saturated heterocycles. The fourth-order valence-corrected chi connectivity index (χ4v) is 5.36. The highest BCUT2D eigenvalue weighted by Crippen LogP contribution is 2.33. The number of anilines is 2. The molecule has 9 heteroatoms. The van der Waals surface area contributed by atoms with Crippen LogP contribution < -0.4 is 9.80 Å². The number of imide groups is 1. The van der Waals surface area contributed by atoms with E-state index < -0.39 is 0 Å². The van der Waals surface area contributed by atoms with Crippen LogP contribution >= 0.6 is 11.3 Å². The molecule has 2 aromatic heterocycles. The van der Waals surface area contributed by atoms with Crippen LogP contribution in [0.5, 0.6) is 0 Å². The van der Waals surface area contributed by atoms with E-state index in [-0.39, 0.29) is 30.6 Å². The fraction of sp³-hybridized carbons (Fsp3) is 0.240. The van der Waals surface area contributed by atoms with Crippen molar-refractivity contribution in [1.82, 2.24) is 14.8 Å². The van der Waals surface area contributed by atoms with Crippen molar-refractivity contribution in [3.05, 3.63) is 71.5 Å². The molecule has 4 aromatic rings. The summed E-state index contributed by atoms with van der Waals surface area (Å²) in [4.78, 5) is 45.8. The van der Waals surface area contributed by atoms with E-state index in [0.29, 0.717) is 29.5 Å². The van der Waals surface area contributed by atoms with Crippen molar-refractivity contribution in [2.45, 2.75) is 33.2 Å². The number of nitrogens with zero attached hydrogens (tertiary/aromatic N) is 5. The second kappa shape index (κ2) is 8.83. The maximum absolute atomic E-state index is 13.7. The fourth-order valence-electron chi connectivity index (χ4n) is 4.19. The maximum atomic E-state index is 13.7. The zero-order valence-corrected chi connectivity index (χ0v) is 19.7. The summed E-state index contributed by atoms with van der Waals surface area (Å²) in [5, 5.41) is 4.84. The number of carbonyl (C=O) groups is 3. The van der Waals surface area contributed by atoms with Crippen LogP contribution in [0.2, 0.25) is 0 Å². The smallest absolute Gasteiger partial charge is 0.260 e. The van der Waals surface area contributed by atoms with E-state index >= 15 is 0 Å². The zero-order valence-electron chi connectivity index (χ0n) is 18.9. The quantitative estimate of drug-likeness (QED) is 0.393. The average molecular weight is 474 g/mol. The molecule has 1 fully saturated rings. The lowest BCUT2D eigenvalue weighted by Gasteiger charge is -2.21. The minimum Gasteiger partial charge on any atom is -0.282 e. The van der Waals surface area contributed by atoms with Crippen LogP contribution in [-0.2, 0) is 16.1 Å². The van der Waals surface area contributed by atoms with Gasteiger partial charge in [0.25, 0.3) is 5.91 Å². The number of fused-ring (bicyclic) bond motifs is 1. The van der Waals surface area contributed by atoms with Gasteiger partial charge < -0.3 is 0 Å². The van der Waals surface area contributed by atoms with Crippen molar-refractivity contribution in [3.8, 4) is 0 Å². The third-order valence-corrected chi connectivity index (χ3v) is 6.83. The molecule has 1 aliphatic rings. The lowest BCUT2D eigenvalue weighted by molar-refractivity contribution is -0.121. The molecule has 0 N–H and O–H groups in total. The summed E-state index contributed by atoms with van der Waals surface area (Å²) in [5.74, 6) is -0.745. The SMILES string of the molecule is Cc1cc(C)c2nc(N(CCn3cccn3)C(=O)c3cccc(N4C(=O)CCC4=O)c3)sc2c1. The van der Waals surface area contributed by atoms with Gasteiger partial charge in [-0.2, -0.15) is 5.10 Å². The Kier molecular flexibility index (Phi) is 5.70. The van der Waals surface area contributed by atoms with E-state index in [1.165, 1.54) is 11.3 Å². The minimum atomic E-state index is -0.249. The highest BCUT2D eigenvalue weighted by molar-refractivity contribution is 7.22. The summed E-state index contributed by atoms with van der Waals surface area (Å²) in [5.41, 5.74) is 3.88. The highest BCUT2D eigenvalue weighted by Gasteiger charge is 2.31. The molecule has 0 saturated carbocycles. The predicted octanol–water partition coefficient (Wildman–Crippen LogP) is 4.11. The van der Waals surface area contributed by atoms with Crippen molar-refractivity contribution in [1.29, 1.82) is 0 Å². The number of aromatic nitrogens is 3. The van der Waals surface area contributed by atoms with Gasteiger partial charge in [-0.05, 0) is 55.3 Å². The van der Waals surface area contributed by atoms with E-state index in [0.717, 1.165) is 26.2 Å². The Labute approximate surface area is 200 Å². The number of amides is 3. The molecule has 0 radical (unpaired) electrons. The molecule has 0 bridgehead atoms. The van der Waals surface area contributed by atoms with Gasteiger partial charge in [-0.25, -0.2) is 4.98 Å². The number of aryl methyl sites for hydroxylation is 2. The standard InChI is InChI=1S/C25H23N5O3S/c1-16-13-17(2)23-20(14-16)34-25(27-23)29(12-11-28-10-4-9-26-28)24(33)18-5-3-6-19(15-18)30-21(31)7-8-22(30)32/h3-6,9-10,13-15H,7-8,11-12H2,1-2H3. The Hall–Kier alpha value is -3.85. The Morgan fingerprint density at radius 2 is 1.88 bits per heavy atom. The molecule has 5 rings (SSSR count). The van der Waals surface area contributed by atoms with Crippen molar-refractivity contribution < 1.29 is 14.4 Å². The summed E-state index contributed by atoms with van der Waals surface area (Å²) in [7, 11) is 0. The number of rotatable bonds is 6. The maximum Gasteiger partial charge on any atom is 0.260 e. The molecule has 3 heterocycles. The number of hydrogen-bond donors (Lipinski definition) is 0. The number of thiazole rings is 1. The van der Waals surface area contributed by atoms with Crippen LogP contribution in [0, 0.1) is 13.8 Å². The summed E-state index contributed by atoms with van der Waals surface area (Å²) >= 11 is 1.47. The zero-order chi connectivity index (χ0) is 23.8. The van der Waals surface area contributed by atoms with E-state index in [2.05, 4.69) is 17.2 Å². The van der Waals surface area contributed by atoms with E-state index in [1.807, 2.05) is 26.1 Å². The molecule has 0 aliphatic carbocycles. The molecule has 0 atom stereocenters. The first-order valence-corrected chi connectivity index (χ1v) is 11.9. The molecule has 0 spiro atoms. The third kappa shape index (κ3) is 4.10. The van der Waals surface area contributed by atoms with Crippen LogP contribution in [0.3, 0.4) is 0 Å². The molecular weight excluding hydrogens is 450 g/mol. The Balaban J connectivity index is 1.52.